The Bertz CT molecular complexity index is 311. The first-order chi connectivity index (χ1) is 6.04. The molecule has 3 nitrogen and oxygen atoms in total. The van der Waals surface area contributed by atoms with Crippen molar-refractivity contribution in [3.63, 3.8) is 0 Å². The number of thiophene rings is 1. The maximum absolute atomic E-state index is 11.4. The quantitative estimate of drug-likeness (QED) is 0.882. The molecular formula is C8H10BrNO2S. The van der Waals surface area contributed by atoms with Gasteiger partial charge in [-0.2, -0.15) is 11.3 Å². The number of hydrogen-bond donors (Lipinski definition) is 1. The molecule has 1 aromatic heterocycles. The highest BCUT2D eigenvalue weighted by Gasteiger charge is 2.21. The van der Waals surface area contributed by atoms with E-state index < -0.39 is 6.10 Å². The summed E-state index contributed by atoms with van der Waals surface area (Å²) in [6.45, 7) is 0. The van der Waals surface area contributed by atoms with Crippen molar-refractivity contribution in [3.8, 4) is 0 Å². The Kier molecular flexibility index (Phi) is 3.47. The van der Waals surface area contributed by atoms with Gasteiger partial charge < -0.3 is 10.0 Å². The van der Waals surface area contributed by atoms with Gasteiger partial charge in [0.1, 0.15) is 0 Å². The number of hydrogen-bond acceptors (Lipinski definition) is 3. The van der Waals surface area contributed by atoms with Crippen LogP contribution in [0.5, 0.6) is 0 Å². The fourth-order valence-corrected chi connectivity index (χ4v) is 2.40. The predicted octanol–water partition coefficient (Wildman–Crippen LogP) is 1.63. The summed E-state index contributed by atoms with van der Waals surface area (Å²) >= 11 is 4.71. The molecule has 0 fully saturated rings. The first kappa shape index (κ1) is 10.7. The maximum atomic E-state index is 11.4. The molecule has 0 aliphatic rings. The summed E-state index contributed by atoms with van der Waals surface area (Å²) in [4.78, 5) is 12.7. The van der Waals surface area contributed by atoms with E-state index in [1.165, 1.54) is 16.2 Å². The minimum Gasteiger partial charge on any atom is -0.378 e. The normalized spacial score (nSPS) is 12.6. The van der Waals surface area contributed by atoms with Crippen LogP contribution in [0.2, 0.25) is 0 Å². The number of carbonyl (C=O) groups is 1. The van der Waals surface area contributed by atoms with Gasteiger partial charge in [0.2, 0.25) is 0 Å². The van der Waals surface area contributed by atoms with Crippen molar-refractivity contribution in [2.45, 2.75) is 6.10 Å². The smallest absolute Gasteiger partial charge is 0.255 e. The molecule has 5 heteroatoms. The van der Waals surface area contributed by atoms with E-state index in [1.54, 1.807) is 19.5 Å². The lowest BCUT2D eigenvalue weighted by Crippen LogP contribution is -2.27. The van der Waals surface area contributed by atoms with Gasteiger partial charge in [-0.3, -0.25) is 4.79 Å². The Hall–Kier alpha value is -0.390. The Balaban J connectivity index is 2.85. The van der Waals surface area contributed by atoms with Crippen molar-refractivity contribution in [2.75, 3.05) is 14.1 Å². The van der Waals surface area contributed by atoms with Crippen LogP contribution in [0.15, 0.2) is 15.2 Å². The van der Waals surface area contributed by atoms with E-state index >= 15 is 0 Å². The number of rotatable bonds is 2. The average Bonchev–Trinajstić information content (AvgIpc) is 2.48. The molecule has 1 aromatic rings. The van der Waals surface area contributed by atoms with E-state index in [4.69, 9.17) is 0 Å². The third-order valence-electron chi connectivity index (χ3n) is 1.61. The van der Waals surface area contributed by atoms with E-state index in [1.807, 2.05) is 5.38 Å². The van der Waals surface area contributed by atoms with Crippen LogP contribution in [0.3, 0.4) is 0 Å². The van der Waals surface area contributed by atoms with E-state index in [9.17, 15) is 9.90 Å². The van der Waals surface area contributed by atoms with Crippen molar-refractivity contribution in [3.05, 3.63) is 20.8 Å². The number of nitrogens with zero attached hydrogens (tertiary/aromatic N) is 1. The Morgan fingerprint density at radius 2 is 2.23 bits per heavy atom. The first-order valence-corrected chi connectivity index (χ1v) is 5.38. The first-order valence-electron chi connectivity index (χ1n) is 3.65. The van der Waals surface area contributed by atoms with Crippen LogP contribution in [0.25, 0.3) is 0 Å². The van der Waals surface area contributed by atoms with Crippen molar-refractivity contribution < 1.29 is 9.90 Å². The van der Waals surface area contributed by atoms with Crippen LogP contribution in [-0.2, 0) is 4.79 Å². The summed E-state index contributed by atoms with van der Waals surface area (Å²) in [7, 11) is 3.23. The molecule has 13 heavy (non-hydrogen) atoms. The SMILES string of the molecule is CN(C)C(=O)C(O)c1cscc1Br. The number of aliphatic hydroxyl groups excluding tert-OH is 1. The summed E-state index contributed by atoms with van der Waals surface area (Å²) < 4.78 is 0.778. The van der Waals surface area contributed by atoms with Crippen LogP contribution in [0.1, 0.15) is 11.7 Å². The zero-order valence-corrected chi connectivity index (χ0v) is 9.72. The standard InChI is InChI=1S/C8H10BrNO2S/c1-10(2)8(12)7(11)5-3-13-4-6(5)9/h3-4,7,11H,1-2H3. The van der Waals surface area contributed by atoms with Gasteiger partial charge in [-0.25, -0.2) is 0 Å². The molecule has 1 N–H and O–H groups in total. The molecule has 0 saturated carbocycles. The molecule has 0 aliphatic carbocycles. The predicted molar refractivity (Wildman–Crippen MR) is 55.7 cm³/mol. The molecule has 1 rings (SSSR count). The topological polar surface area (TPSA) is 40.5 Å². The molecule has 1 amide bonds. The molecular weight excluding hydrogens is 254 g/mol. The number of halogens is 1. The number of likely N-dealkylation sites (N-methyl/N-ethyl adjacent to an activating group) is 1. The molecule has 0 bridgehead atoms. The van der Waals surface area contributed by atoms with Gasteiger partial charge >= 0.3 is 0 Å². The van der Waals surface area contributed by atoms with Gasteiger partial charge in [-0.15, -0.1) is 0 Å². The Labute approximate surface area is 89.1 Å². The number of aliphatic hydroxyl groups is 1. The maximum Gasteiger partial charge on any atom is 0.255 e. The van der Waals surface area contributed by atoms with E-state index in [0.717, 1.165) is 4.47 Å². The highest BCUT2D eigenvalue weighted by molar-refractivity contribution is 9.10. The van der Waals surface area contributed by atoms with Crippen molar-refractivity contribution in [1.82, 2.24) is 4.90 Å². The molecule has 72 valence electrons. The van der Waals surface area contributed by atoms with Crippen LogP contribution in [0, 0.1) is 0 Å². The molecule has 0 radical (unpaired) electrons. The second-order valence-electron chi connectivity index (χ2n) is 2.81. The zero-order chi connectivity index (χ0) is 10.0. The summed E-state index contributed by atoms with van der Waals surface area (Å²) in [5, 5.41) is 13.2. The number of carbonyl (C=O) groups excluding carboxylic acids is 1. The number of amides is 1. The highest BCUT2D eigenvalue weighted by Crippen LogP contribution is 2.27. The zero-order valence-electron chi connectivity index (χ0n) is 7.32. The van der Waals surface area contributed by atoms with Gasteiger partial charge in [-0.05, 0) is 21.3 Å². The van der Waals surface area contributed by atoms with Crippen LogP contribution in [-0.4, -0.2) is 30.0 Å². The molecule has 1 atom stereocenters. The fourth-order valence-electron chi connectivity index (χ4n) is 0.864. The van der Waals surface area contributed by atoms with Crippen molar-refractivity contribution >= 4 is 33.2 Å². The van der Waals surface area contributed by atoms with Gasteiger partial charge in [0.05, 0.1) is 0 Å². The van der Waals surface area contributed by atoms with Gasteiger partial charge in [0.25, 0.3) is 5.91 Å². The Morgan fingerprint density at radius 3 is 2.62 bits per heavy atom. The largest absolute Gasteiger partial charge is 0.378 e. The average molecular weight is 264 g/mol. The summed E-state index contributed by atoms with van der Waals surface area (Å²) in [5.41, 5.74) is 0.628. The Morgan fingerprint density at radius 1 is 1.62 bits per heavy atom. The van der Waals surface area contributed by atoms with Gasteiger partial charge in [-0.1, -0.05) is 0 Å². The van der Waals surface area contributed by atoms with Crippen molar-refractivity contribution in [2.24, 2.45) is 0 Å². The lowest BCUT2D eigenvalue weighted by molar-refractivity contribution is -0.137. The molecule has 1 heterocycles. The van der Waals surface area contributed by atoms with Crippen molar-refractivity contribution in [1.29, 1.82) is 0 Å². The van der Waals surface area contributed by atoms with E-state index in [-0.39, 0.29) is 5.91 Å². The highest BCUT2D eigenvalue weighted by atomic mass is 79.9. The van der Waals surface area contributed by atoms with Crippen LogP contribution < -0.4 is 0 Å². The summed E-state index contributed by atoms with van der Waals surface area (Å²) in [6.07, 6.45) is -1.06. The fraction of sp³-hybridized carbons (Fsp3) is 0.375. The molecule has 0 aromatic carbocycles. The third-order valence-corrected chi connectivity index (χ3v) is 3.36. The van der Waals surface area contributed by atoms with Crippen LogP contribution in [0.4, 0.5) is 0 Å². The molecule has 1 unspecified atom stereocenters. The monoisotopic (exact) mass is 263 g/mol. The van der Waals surface area contributed by atoms with E-state index in [0.29, 0.717) is 5.56 Å². The summed E-state index contributed by atoms with van der Waals surface area (Å²) in [5.74, 6) is -0.306. The lowest BCUT2D eigenvalue weighted by atomic mass is 10.2. The minimum absolute atomic E-state index is 0.306. The molecule has 0 aliphatic heterocycles. The van der Waals surface area contributed by atoms with Gasteiger partial charge in [0.15, 0.2) is 6.10 Å². The summed E-state index contributed by atoms with van der Waals surface area (Å²) in [6, 6.07) is 0. The third kappa shape index (κ3) is 2.30. The van der Waals surface area contributed by atoms with Gasteiger partial charge in [0, 0.05) is 29.5 Å². The molecule has 0 spiro atoms. The second kappa shape index (κ2) is 4.21. The second-order valence-corrected chi connectivity index (χ2v) is 4.41. The minimum atomic E-state index is -1.06. The molecule has 0 saturated heterocycles. The van der Waals surface area contributed by atoms with Crippen LogP contribution >= 0.6 is 27.3 Å². The van der Waals surface area contributed by atoms with E-state index in [2.05, 4.69) is 15.9 Å². The lowest BCUT2D eigenvalue weighted by Gasteiger charge is -2.15.